The number of fused-ring (bicyclic) bond motifs is 2. The van der Waals surface area contributed by atoms with Crippen LogP contribution in [0.1, 0.15) is 66.1 Å². The summed E-state index contributed by atoms with van der Waals surface area (Å²) in [5, 5.41) is 0.682. The van der Waals surface area contributed by atoms with Gasteiger partial charge in [-0.25, -0.2) is 4.79 Å². The molecule has 1 aliphatic heterocycles. The van der Waals surface area contributed by atoms with Crippen LogP contribution in [0, 0.1) is 11.8 Å². The SMILES string of the molecule is CC[C@H](C)C(=O)O[C@H]1c2cc3ccc(=O)oc3cc2O[C@@H]1C(C)(C)OC(=O)[C@@H](C)CC. The van der Waals surface area contributed by atoms with Crippen LogP contribution in [0.25, 0.3) is 11.0 Å². The maximum Gasteiger partial charge on any atom is 0.336 e. The Balaban J connectivity index is 2.02. The zero-order valence-electron chi connectivity index (χ0n) is 18.9. The van der Waals surface area contributed by atoms with Gasteiger partial charge in [0.05, 0.1) is 11.8 Å². The molecule has 3 rings (SSSR count). The van der Waals surface area contributed by atoms with E-state index in [1.54, 1.807) is 45.9 Å². The topological polar surface area (TPSA) is 92.0 Å². The molecule has 0 saturated heterocycles. The molecule has 0 aliphatic carbocycles. The Morgan fingerprint density at radius 3 is 2.35 bits per heavy atom. The fourth-order valence-corrected chi connectivity index (χ4v) is 3.42. The molecule has 1 aromatic heterocycles. The summed E-state index contributed by atoms with van der Waals surface area (Å²) in [5.41, 5.74) is -0.527. The minimum absolute atomic E-state index is 0.263. The van der Waals surface area contributed by atoms with Gasteiger partial charge in [0, 0.05) is 23.1 Å². The summed E-state index contributed by atoms with van der Waals surface area (Å²) in [7, 11) is 0. The average molecular weight is 430 g/mol. The minimum atomic E-state index is -1.08. The second kappa shape index (κ2) is 8.73. The molecule has 0 saturated carbocycles. The van der Waals surface area contributed by atoms with Crippen LogP contribution in [-0.4, -0.2) is 23.6 Å². The number of hydrogen-bond donors (Lipinski definition) is 0. The van der Waals surface area contributed by atoms with Crippen molar-refractivity contribution in [3.05, 3.63) is 40.2 Å². The summed E-state index contributed by atoms with van der Waals surface area (Å²) >= 11 is 0. The van der Waals surface area contributed by atoms with Gasteiger partial charge < -0.3 is 18.6 Å². The molecule has 7 nitrogen and oxygen atoms in total. The number of benzene rings is 1. The number of carbonyl (C=O) groups is 2. The van der Waals surface area contributed by atoms with Crippen molar-refractivity contribution in [2.45, 2.75) is 72.2 Å². The highest BCUT2D eigenvalue weighted by Crippen LogP contribution is 2.46. The molecule has 0 fully saturated rings. The Hall–Kier alpha value is -2.83. The van der Waals surface area contributed by atoms with Gasteiger partial charge in [0.2, 0.25) is 0 Å². The van der Waals surface area contributed by atoms with E-state index in [1.165, 1.54) is 6.07 Å². The zero-order chi connectivity index (χ0) is 22.9. The van der Waals surface area contributed by atoms with Crippen LogP contribution in [-0.2, 0) is 19.1 Å². The van der Waals surface area contributed by atoms with Gasteiger partial charge >= 0.3 is 17.6 Å². The van der Waals surface area contributed by atoms with Crippen molar-refractivity contribution in [3.8, 4) is 5.75 Å². The van der Waals surface area contributed by atoms with E-state index in [-0.39, 0.29) is 23.8 Å². The van der Waals surface area contributed by atoms with Gasteiger partial charge in [-0.1, -0.05) is 27.7 Å². The van der Waals surface area contributed by atoms with Gasteiger partial charge in [-0.15, -0.1) is 0 Å². The molecule has 0 spiro atoms. The van der Waals surface area contributed by atoms with Crippen molar-refractivity contribution < 1.29 is 28.2 Å². The van der Waals surface area contributed by atoms with Crippen LogP contribution in [0.3, 0.4) is 0 Å². The molecule has 0 bridgehead atoms. The first-order chi connectivity index (χ1) is 14.6. The molecule has 0 N–H and O–H groups in total. The van der Waals surface area contributed by atoms with E-state index in [2.05, 4.69) is 0 Å². The van der Waals surface area contributed by atoms with Crippen molar-refractivity contribution in [1.82, 2.24) is 0 Å². The van der Waals surface area contributed by atoms with Gasteiger partial charge in [0.25, 0.3) is 0 Å². The Bertz CT molecular complexity index is 1040. The first kappa shape index (κ1) is 22.8. The third-order valence-electron chi connectivity index (χ3n) is 5.91. The Labute approximate surface area is 181 Å². The first-order valence-corrected chi connectivity index (χ1v) is 10.7. The monoisotopic (exact) mass is 430 g/mol. The number of ether oxygens (including phenoxy) is 3. The van der Waals surface area contributed by atoms with E-state index in [0.717, 1.165) is 0 Å². The Kier molecular flexibility index (Phi) is 6.43. The molecular weight excluding hydrogens is 400 g/mol. The summed E-state index contributed by atoms with van der Waals surface area (Å²) in [6.45, 7) is 10.9. The Morgan fingerprint density at radius 1 is 1.06 bits per heavy atom. The normalized spacial score (nSPS) is 19.9. The second-order valence-electron chi connectivity index (χ2n) is 8.72. The predicted molar refractivity (Wildman–Crippen MR) is 115 cm³/mol. The lowest BCUT2D eigenvalue weighted by atomic mass is 9.93. The molecule has 7 heteroatoms. The van der Waals surface area contributed by atoms with Crippen LogP contribution in [0.2, 0.25) is 0 Å². The Morgan fingerprint density at radius 2 is 1.71 bits per heavy atom. The van der Waals surface area contributed by atoms with Crippen molar-refractivity contribution in [2.24, 2.45) is 11.8 Å². The standard InChI is InChI=1S/C24H30O7/c1-7-13(3)22(26)30-20-16-11-15-9-10-19(25)28-17(15)12-18(16)29-21(20)24(5,6)31-23(27)14(4)8-2/h9-14,20-21H,7-8H2,1-6H3/t13-,14-,20-,21-/m0/s1. The molecular formula is C24H30O7. The summed E-state index contributed by atoms with van der Waals surface area (Å²) < 4.78 is 23.1. The molecule has 2 heterocycles. The zero-order valence-corrected chi connectivity index (χ0v) is 18.9. The molecule has 0 unspecified atom stereocenters. The van der Waals surface area contributed by atoms with Crippen LogP contribution in [0.15, 0.2) is 33.5 Å². The van der Waals surface area contributed by atoms with E-state index in [4.69, 9.17) is 18.6 Å². The molecule has 168 valence electrons. The van der Waals surface area contributed by atoms with Gasteiger partial charge in [0.1, 0.15) is 16.9 Å². The maximum absolute atomic E-state index is 12.7. The lowest BCUT2D eigenvalue weighted by molar-refractivity contribution is -0.182. The molecule has 0 amide bonds. The lowest BCUT2D eigenvalue weighted by Gasteiger charge is -2.34. The van der Waals surface area contributed by atoms with Gasteiger partial charge in [-0.05, 0) is 38.8 Å². The van der Waals surface area contributed by atoms with Gasteiger partial charge in [0.15, 0.2) is 12.2 Å². The number of hydrogen-bond acceptors (Lipinski definition) is 7. The molecule has 0 radical (unpaired) electrons. The van der Waals surface area contributed by atoms with Crippen LogP contribution in [0.5, 0.6) is 5.75 Å². The highest BCUT2D eigenvalue weighted by molar-refractivity contribution is 5.80. The third kappa shape index (κ3) is 4.60. The molecule has 31 heavy (non-hydrogen) atoms. The second-order valence-corrected chi connectivity index (χ2v) is 8.72. The number of esters is 2. The van der Waals surface area contributed by atoms with Crippen molar-refractivity contribution in [3.63, 3.8) is 0 Å². The summed E-state index contributed by atoms with van der Waals surface area (Å²) in [5.74, 6) is -0.802. The van der Waals surface area contributed by atoms with E-state index >= 15 is 0 Å². The smallest absolute Gasteiger partial charge is 0.336 e. The van der Waals surface area contributed by atoms with E-state index in [9.17, 15) is 14.4 Å². The van der Waals surface area contributed by atoms with Gasteiger partial charge in [-0.2, -0.15) is 0 Å². The van der Waals surface area contributed by atoms with Crippen molar-refractivity contribution in [2.75, 3.05) is 0 Å². The number of rotatable bonds is 7. The maximum atomic E-state index is 12.7. The highest BCUT2D eigenvalue weighted by Gasteiger charge is 2.49. The fraction of sp³-hybridized carbons (Fsp3) is 0.542. The minimum Gasteiger partial charge on any atom is -0.481 e. The van der Waals surface area contributed by atoms with E-state index < -0.39 is 23.4 Å². The number of carbonyl (C=O) groups excluding carboxylic acids is 2. The summed E-state index contributed by atoms with van der Waals surface area (Å²) in [6, 6.07) is 6.38. The van der Waals surface area contributed by atoms with Crippen molar-refractivity contribution in [1.29, 1.82) is 0 Å². The van der Waals surface area contributed by atoms with Crippen LogP contribution < -0.4 is 10.4 Å². The van der Waals surface area contributed by atoms with Crippen LogP contribution >= 0.6 is 0 Å². The predicted octanol–water partition coefficient (Wildman–Crippen LogP) is 4.55. The highest BCUT2D eigenvalue weighted by atomic mass is 16.6. The van der Waals surface area contributed by atoms with E-state index in [0.29, 0.717) is 35.1 Å². The van der Waals surface area contributed by atoms with Crippen LogP contribution in [0.4, 0.5) is 0 Å². The lowest BCUT2D eigenvalue weighted by Crippen LogP contribution is -2.47. The van der Waals surface area contributed by atoms with Gasteiger partial charge in [-0.3, -0.25) is 9.59 Å². The molecule has 2 aromatic rings. The third-order valence-corrected chi connectivity index (χ3v) is 5.91. The van der Waals surface area contributed by atoms with Crippen molar-refractivity contribution >= 4 is 22.9 Å². The van der Waals surface area contributed by atoms with E-state index in [1.807, 2.05) is 13.8 Å². The molecule has 4 atom stereocenters. The molecule has 1 aromatic carbocycles. The summed E-state index contributed by atoms with van der Waals surface area (Å²) in [6.07, 6.45) is -0.240. The average Bonchev–Trinajstić information content (AvgIpc) is 3.08. The first-order valence-electron chi connectivity index (χ1n) is 10.7. The quantitative estimate of drug-likeness (QED) is 0.470. The fourth-order valence-electron chi connectivity index (χ4n) is 3.42. The molecule has 1 aliphatic rings. The summed E-state index contributed by atoms with van der Waals surface area (Å²) in [4.78, 5) is 36.8. The largest absolute Gasteiger partial charge is 0.481 e.